The van der Waals surface area contributed by atoms with Crippen LogP contribution < -0.4 is 10.6 Å². The molecule has 0 aliphatic rings. The smallest absolute Gasteiger partial charge is 0.381 e. The molecular formula is C19H21F3N2O2. The SMILES string of the molecule is O=C(NCCCOCCc1ccccc1)Nc1ccc(C(F)(F)F)cc1. The van der Waals surface area contributed by atoms with E-state index in [0.717, 1.165) is 18.6 Å². The van der Waals surface area contributed by atoms with Gasteiger partial charge in [-0.3, -0.25) is 0 Å². The predicted molar refractivity (Wildman–Crippen MR) is 94.0 cm³/mol. The third kappa shape index (κ3) is 7.14. The van der Waals surface area contributed by atoms with Crippen molar-refractivity contribution in [1.82, 2.24) is 5.32 Å². The van der Waals surface area contributed by atoms with Crippen LogP contribution >= 0.6 is 0 Å². The summed E-state index contributed by atoms with van der Waals surface area (Å²) in [4.78, 5) is 11.7. The lowest BCUT2D eigenvalue weighted by Gasteiger charge is -2.10. The Bertz CT molecular complexity index is 673. The molecule has 2 amide bonds. The van der Waals surface area contributed by atoms with Crippen LogP contribution in [0.2, 0.25) is 0 Å². The molecule has 2 N–H and O–H groups in total. The summed E-state index contributed by atoms with van der Waals surface area (Å²) >= 11 is 0. The van der Waals surface area contributed by atoms with Gasteiger partial charge < -0.3 is 15.4 Å². The number of alkyl halides is 3. The summed E-state index contributed by atoms with van der Waals surface area (Å²) in [5, 5.41) is 5.12. The van der Waals surface area contributed by atoms with Crippen LogP contribution in [0, 0.1) is 0 Å². The van der Waals surface area contributed by atoms with Crippen LogP contribution in [-0.4, -0.2) is 25.8 Å². The van der Waals surface area contributed by atoms with Crippen molar-refractivity contribution in [2.75, 3.05) is 25.1 Å². The van der Waals surface area contributed by atoms with Crippen molar-refractivity contribution >= 4 is 11.7 Å². The first-order chi connectivity index (χ1) is 12.4. The molecular weight excluding hydrogens is 345 g/mol. The molecule has 140 valence electrons. The fourth-order valence-corrected chi connectivity index (χ4v) is 2.23. The summed E-state index contributed by atoms with van der Waals surface area (Å²) in [6.45, 7) is 1.55. The Balaban J connectivity index is 1.56. The fraction of sp³-hybridized carbons (Fsp3) is 0.316. The van der Waals surface area contributed by atoms with Gasteiger partial charge in [-0.1, -0.05) is 30.3 Å². The number of hydrogen-bond acceptors (Lipinski definition) is 2. The number of nitrogens with one attached hydrogen (secondary N) is 2. The zero-order valence-corrected chi connectivity index (χ0v) is 14.2. The van der Waals surface area contributed by atoms with Crippen LogP contribution in [0.1, 0.15) is 17.5 Å². The van der Waals surface area contributed by atoms with Gasteiger partial charge in [0, 0.05) is 18.8 Å². The van der Waals surface area contributed by atoms with Crippen LogP contribution in [0.25, 0.3) is 0 Å². The molecule has 2 aromatic carbocycles. The molecule has 4 nitrogen and oxygen atoms in total. The lowest BCUT2D eigenvalue weighted by atomic mass is 10.2. The van der Waals surface area contributed by atoms with Crippen LogP contribution in [0.3, 0.4) is 0 Å². The molecule has 0 radical (unpaired) electrons. The molecule has 0 atom stereocenters. The molecule has 0 saturated heterocycles. The van der Waals surface area contributed by atoms with E-state index in [4.69, 9.17) is 4.74 Å². The Hall–Kier alpha value is -2.54. The van der Waals surface area contributed by atoms with Crippen molar-refractivity contribution in [2.24, 2.45) is 0 Å². The molecule has 0 aliphatic heterocycles. The Morgan fingerprint density at radius 3 is 2.31 bits per heavy atom. The number of carbonyl (C=O) groups excluding carboxylic acids is 1. The summed E-state index contributed by atoms with van der Waals surface area (Å²) in [5.74, 6) is 0. The van der Waals surface area contributed by atoms with E-state index in [2.05, 4.69) is 10.6 Å². The van der Waals surface area contributed by atoms with E-state index < -0.39 is 17.8 Å². The number of halogens is 3. The van der Waals surface area contributed by atoms with Gasteiger partial charge in [0.25, 0.3) is 0 Å². The molecule has 26 heavy (non-hydrogen) atoms. The molecule has 0 heterocycles. The van der Waals surface area contributed by atoms with Gasteiger partial charge in [0.1, 0.15) is 0 Å². The van der Waals surface area contributed by atoms with E-state index in [1.54, 1.807) is 0 Å². The first-order valence-electron chi connectivity index (χ1n) is 8.29. The van der Waals surface area contributed by atoms with Crippen LogP contribution in [-0.2, 0) is 17.3 Å². The molecule has 2 aromatic rings. The van der Waals surface area contributed by atoms with Crippen LogP contribution in [0.5, 0.6) is 0 Å². The standard InChI is InChI=1S/C19H21F3N2O2/c20-19(21,22)16-7-9-17(10-8-16)24-18(25)23-12-4-13-26-14-11-15-5-2-1-3-6-15/h1-3,5-10H,4,11-14H2,(H2,23,24,25). The molecule has 0 saturated carbocycles. The van der Waals surface area contributed by atoms with Crippen molar-refractivity contribution in [3.63, 3.8) is 0 Å². The fourth-order valence-electron chi connectivity index (χ4n) is 2.23. The van der Waals surface area contributed by atoms with Crippen molar-refractivity contribution in [3.05, 3.63) is 65.7 Å². The highest BCUT2D eigenvalue weighted by Gasteiger charge is 2.29. The zero-order valence-electron chi connectivity index (χ0n) is 14.2. The van der Waals surface area contributed by atoms with E-state index >= 15 is 0 Å². The van der Waals surface area contributed by atoms with Crippen molar-refractivity contribution in [1.29, 1.82) is 0 Å². The maximum atomic E-state index is 12.5. The topological polar surface area (TPSA) is 50.4 Å². The number of anilines is 1. The minimum Gasteiger partial charge on any atom is -0.381 e. The van der Waals surface area contributed by atoms with Gasteiger partial charge >= 0.3 is 12.2 Å². The Morgan fingerprint density at radius 1 is 0.962 bits per heavy atom. The molecule has 0 aromatic heterocycles. The molecule has 0 aliphatic carbocycles. The monoisotopic (exact) mass is 366 g/mol. The average Bonchev–Trinajstić information content (AvgIpc) is 2.61. The average molecular weight is 366 g/mol. The number of rotatable bonds is 8. The Kier molecular flexibility index (Phi) is 7.47. The quantitative estimate of drug-likeness (QED) is 0.677. The third-order valence-corrected chi connectivity index (χ3v) is 3.60. The molecule has 0 bridgehead atoms. The first-order valence-corrected chi connectivity index (χ1v) is 8.29. The van der Waals surface area contributed by atoms with Gasteiger partial charge in [0.05, 0.1) is 12.2 Å². The van der Waals surface area contributed by atoms with Gasteiger partial charge in [-0.15, -0.1) is 0 Å². The largest absolute Gasteiger partial charge is 0.416 e. The van der Waals surface area contributed by atoms with E-state index in [1.165, 1.54) is 17.7 Å². The molecule has 0 spiro atoms. The highest BCUT2D eigenvalue weighted by Crippen LogP contribution is 2.29. The van der Waals surface area contributed by atoms with Crippen LogP contribution in [0.4, 0.5) is 23.7 Å². The first kappa shape index (κ1) is 19.8. The Labute approximate surface area is 150 Å². The molecule has 0 fully saturated rings. The summed E-state index contributed by atoms with van der Waals surface area (Å²) in [7, 11) is 0. The van der Waals surface area contributed by atoms with Gasteiger partial charge in [-0.2, -0.15) is 13.2 Å². The minimum absolute atomic E-state index is 0.301. The van der Waals surface area contributed by atoms with Crippen molar-refractivity contribution in [2.45, 2.75) is 19.0 Å². The maximum absolute atomic E-state index is 12.5. The maximum Gasteiger partial charge on any atom is 0.416 e. The van der Waals surface area contributed by atoms with E-state index in [0.29, 0.717) is 31.9 Å². The molecule has 0 unspecified atom stereocenters. The highest BCUT2D eigenvalue weighted by molar-refractivity contribution is 5.89. The van der Waals surface area contributed by atoms with Gasteiger partial charge in [-0.05, 0) is 42.7 Å². The predicted octanol–water partition coefficient (Wildman–Crippen LogP) is 4.48. The lowest BCUT2D eigenvalue weighted by Crippen LogP contribution is -2.30. The van der Waals surface area contributed by atoms with Crippen molar-refractivity contribution < 1.29 is 22.7 Å². The summed E-state index contributed by atoms with van der Waals surface area (Å²) in [6, 6.07) is 13.8. The highest BCUT2D eigenvalue weighted by atomic mass is 19.4. The van der Waals surface area contributed by atoms with Gasteiger partial charge in [0.2, 0.25) is 0 Å². The zero-order chi connectivity index (χ0) is 18.8. The number of urea groups is 1. The second kappa shape index (κ2) is 9.82. The van der Waals surface area contributed by atoms with E-state index in [-0.39, 0.29) is 0 Å². The second-order valence-electron chi connectivity index (χ2n) is 5.66. The summed E-state index contributed by atoms with van der Waals surface area (Å²) < 4.78 is 42.9. The van der Waals surface area contributed by atoms with E-state index in [1.807, 2.05) is 30.3 Å². The molecule has 7 heteroatoms. The Morgan fingerprint density at radius 2 is 1.65 bits per heavy atom. The van der Waals surface area contributed by atoms with Crippen molar-refractivity contribution in [3.8, 4) is 0 Å². The number of carbonyl (C=O) groups is 1. The lowest BCUT2D eigenvalue weighted by molar-refractivity contribution is -0.137. The normalized spacial score (nSPS) is 11.2. The van der Waals surface area contributed by atoms with Gasteiger partial charge in [0.15, 0.2) is 0 Å². The second-order valence-corrected chi connectivity index (χ2v) is 5.66. The summed E-state index contributed by atoms with van der Waals surface area (Å²) in [5.41, 5.74) is 0.757. The van der Waals surface area contributed by atoms with E-state index in [9.17, 15) is 18.0 Å². The summed E-state index contributed by atoms with van der Waals surface area (Å²) in [6.07, 6.45) is -2.90. The molecule has 2 rings (SSSR count). The number of benzene rings is 2. The third-order valence-electron chi connectivity index (χ3n) is 3.60. The number of ether oxygens (including phenoxy) is 1. The number of amides is 2. The number of hydrogen-bond donors (Lipinski definition) is 2. The van der Waals surface area contributed by atoms with Crippen LogP contribution in [0.15, 0.2) is 54.6 Å². The van der Waals surface area contributed by atoms with Gasteiger partial charge in [-0.25, -0.2) is 4.79 Å². The minimum atomic E-state index is -4.39.